The quantitative estimate of drug-likeness (QED) is 0.757. The molecule has 3 heterocycles. The van der Waals surface area contributed by atoms with Gasteiger partial charge in [-0.15, -0.1) is 0 Å². The number of hydrogen-bond acceptors (Lipinski definition) is 3. The van der Waals surface area contributed by atoms with Crippen molar-refractivity contribution in [2.45, 2.75) is 18.9 Å². The standard InChI is InChI=1S/C17H13ClF2N4O/c18-10-4-1-5-12-13(10)23-16(22-12)17(25)24-8-6-11-9(3-2-7-21-11)14(24)15(19)20/h1-5,7,14-15H,6,8H2,(H,22,23). The van der Waals surface area contributed by atoms with Crippen LogP contribution < -0.4 is 0 Å². The van der Waals surface area contributed by atoms with E-state index in [1.54, 1.807) is 36.5 Å². The predicted octanol–water partition coefficient (Wildman–Crippen LogP) is 3.62. The van der Waals surface area contributed by atoms with Crippen molar-refractivity contribution < 1.29 is 13.6 Å². The summed E-state index contributed by atoms with van der Waals surface area (Å²) < 4.78 is 27.4. The molecule has 0 saturated heterocycles. The Hall–Kier alpha value is -2.54. The molecule has 0 radical (unpaired) electrons. The molecule has 128 valence electrons. The van der Waals surface area contributed by atoms with E-state index in [1.165, 1.54) is 0 Å². The summed E-state index contributed by atoms with van der Waals surface area (Å²) in [5.41, 5.74) is 2.01. The second-order valence-corrected chi connectivity index (χ2v) is 6.19. The van der Waals surface area contributed by atoms with Gasteiger partial charge >= 0.3 is 0 Å². The van der Waals surface area contributed by atoms with Gasteiger partial charge in [-0.25, -0.2) is 13.8 Å². The van der Waals surface area contributed by atoms with E-state index in [0.29, 0.717) is 33.7 Å². The molecule has 1 aliphatic heterocycles. The van der Waals surface area contributed by atoms with E-state index in [0.717, 1.165) is 4.90 Å². The zero-order chi connectivity index (χ0) is 17.6. The van der Waals surface area contributed by atoms with Gasteiger partial charge < -0.3 is 9.88 Å². The van der Waals surface area contributed by atoms with E-state index < -0.39 is 18.4 Å². The number of amides is 1. The van der Waals surface area contributed by atoms with Crippen LogP contribution in [0.2, 0.25) is 5.02 Å². The maximum absolute atomic E-state index is 13.7. The lowest BCUT2D eigenvalue weighted by atomic mass is 9.97. The van der Waals surface area contributed by atoms with Gasteiger partial charge in [0.15, 0.2) is 5.82 Å². The first-order valence-electron chi connectivity index (χ1n) is 7.73. The number of carbonyl (C=O) groups excluding carboxylic acids is 1. The van der Waals surface area contributed by atoms with Crippen LogP contribution in [0.15, 0.2) is 36.5 Å². The fourth-order valence-corrected chi connectivity index (χ4v) is 3.41. The molecule has 1 atom stereocenters. The van der Waals surface area contributed by atoms with Gasteiger partial charge in [0.2, 0.25) is 0 Å². The first kappa shape index (κ1) is 16.0. The molecule has 1 amide bonds. The van der Waals surface area contributed by atoms with Crippen molar-refractivity contribution in [3.63, 3.8) is 0 Å². The molecule has 0 fully saturated rings. The molecule has 1 unspecified atom stereocenters. The highest BCUT2D eigenvalue weighted by Gasteiger charge is 2.38. The lowest BCUT2D eigenvalue weighted by molar-refractivity contribution is 0.0154. The molecule has 1 aliphatic rings. The number of benzene rings is 1. The zero-order valence-corrected chi connectivity index (χ0v) is 13.7. The van der Waals surface area contributed by atoms with Crippen molar-refractivity contribution in [1.82, 2.24) is 19.9 Å². The number of alkyl halides is 2. The van der Waals surface area contributed by atoms with Crippen molar-refractivity contribution in [2.75, 3.05) is 6.54 Å². The second-order valence-electron chi connectivity index (χ2n) is 5.79. The van der Waals surface area contributed by atoms with Gasteiger partial charge in [0, 0.05) is 30.4 Å². The number of H-pyrrole nitrogens is 1. The molecule has 3 aromatic rings. The van der Waals surface area contributed by atoms with E-state index in [1.807, 2.05) is 0 Å². The lowest BCUT2D eigenvalue weighted by Crippen LogP contribution is -2.43. The van der Waals surface area contributed by atoms with Crippen LogP contribution in [-0.4, -0.2) is 38.7 Å². The molecule has 25 heavy (non-hydrogen) atoms. The molecule has 8 heteroatoms. The van der Waals surface area contributed by atoms with E-state index in [4.69, 9.17) is 11.6 Å². The topological polar surface area (TPSA) is 61.9 Å². The molecule has 1 aromatic carbocycles. The summed E-state index contributed by atoms with van der Waals surface area (Å²) >= 11 is 6.08. The third-order valence-corrected chi connectivity index (χ3v) is 4.65. The molecule has 4 rings (SSSR count). The Kier molecular flexibility index (Phi) is 3.88. The van der Waals surface area contributed by atoms with Crippen LogP contribution in [0.3, 0.4) is 0 Å². The van der Waals surface area contributed by atoms with Gasteiger partial charge in [0.1, 0.15) is 6.04 Å². The number of aromatic amines is 1. The van der Waals surface area contributed by atoms with Crippen molar-refractivity contribution in [1.29, 1.82) is 0 Å². The molecular formula is C17H13ClF2N4O. The molecule has 2 aromatic heterocycles. The molecule has 0 spiro atoms. The molecule has 0 aliphatic carbocycles. The summed E-state index contributed by atoms with van der Waals surface area (Å²) in [4.78, 5) is 25.2. The van der Waals surface area contributed by atoms with Crippen LogP contribution in [0.25, 0.3) is 11.0 Å². The average Bonchev–Trinajstić information content (AvgIpc) is 3.05. The Labute approximate surface area is 146 Å². The average molecular weight is 363 g/mol. The maximum atomic E-state index is 13.7. The van der Waals surface area contributed by atoms with E-state index >= 15 is 0 Å². The van der Waals surface area contributed by atoms with Gasteiger partial charge in [0.25, 0.3) is 12.3 Å². The van der Waals surface area contributed by atoms with Crippen LogP contribution in [0.1, 0.15) is 27.9 Å². The van der Waals surface area contributed by atoms with E-state index in [-0.39, 0.29) is 12.4 Å². The van der Waals surface area contributed by atoms with Crippen molar-refractivity contribution in [3.05, 3.63) is 58.6 Å². The zero-order valence-electron chi connectivity index (χ0n) is 12.9. The fourth-order valence-electron chi connectivity index (χ4n) is 3.20. The normalized spacial score (nSPS) is 17.1. The Balaban J connectivity index is 1.74. The van der Waals surface area contributed by atoms with Crippen LogP contribution in [0, 0.1) is 0 Å². The monoisotopic (exact) mass is 362 g/mol. The van der Waals surface area contributed by atoms with Crippen molar-refractivity contribution in [3.8, 4) is 0 Å². The minimum absolute atomic E-state index is 0.00101. The summed E-state index contributed by atoms with van der Waals surface area (Å²) in [6, 6.07) is 6.94. The summed E-state index contributed by atoms with van der Waals surface area (Å²) in [5.74, 6) is -0.576. The number of halogens is 3. The Morgan fingerprint density at radius 1 is 1.32 bits per heavy atom. The highest BCUT2D eigenvalue weighted by molar-refractivity contribution is 6.35. The molecule has 1 N–H and O–H groups in total. The number of imidazole rings is 1. The summed E-state index contributed by atoms with van der Waals surface area (Å²) in [7, 11) is 0. The SMILES string of the molecule is O=C(c1nc2cccc(Cl)c2[nH]1)N1CCc2ncccc2C1C(F)F. The highest BCUT2D eigenvalue weighted by atomic mass is 35.5. The number of nitrogens with one attached hydrogen (secondary N) is 1. The van der Waals surface area contributed by atoms with Crippen molar-refractivity contribution >= 4 is 28.5 Å². The van der Waals surface area contributed by atoms with Gasteiger partial charge in [-0.2, -0.15) is 0 Å². The van der Waals surface area contributed by atoms with Crippen LogP contribution in [0.5, 0.6) is 0 Å². The third kappa shape index (κ3) is 2.64. The van der Waals surface area contributed by atoms with Gasteiger partial charge in [-0.1, -0.05) is 23.7 Å². The number of nitrogens with zero attached hydrogens (tertiary/aromatic N) is 3. The Bertz CT molecular complexity index is 959. The van der Waals surface area contributed by atoms with Gasteiger partial charge in [-0.3, -0.25) is 9.78 Å². The number of fused-ring (bicyclic) bond motifs is 2. The summed E-state index contributed by atoms with van der Waals surface area (Å²) in [5, 5.41) is 0.419. The number of para-hydroxylation sites is 1. The Morgan fingerprint density at radius 3 is 2.92 bits per heavy atom. The highest BCUT2D eigenvalue weighted by Crippen LogP contribution is 2.34. The number of pyridine rings is 1. The number of hydrogen-bond donors (Lipinski definition) is 1. The molecule has 0 saturated carbocycles. The second kappa shape index (κ2) is 6.07. The minimum atomic E-state index is -2.72. The van der Waals surface area contributed by atoms with Crippen molar-refractivity contribution in [2.24, 2.45) is 0 Å². The summed E-state index contributed by atoms with van der Waals surface area (Å²) in [6.45, 7) is 0.155. The van der Waals surface area contributed by atoms with E-state index in [9.17, 15) is 13.6 Å². The number of carbonyl (C=O) groups is 1. The minimum Gasteiger partial charge on any atom is -0.333 e. The fraction of sp³-hybridized carbons (Fsp3) is 0.235. The Morgan fingerprint density at radius 2 is 2.16 bits per heavy atom. The van der Waals surface area contributed by atoms with Gasteiger partial charge in [0.05, 0.1) is 16.1 Å². The van der Waals surface area contributed by atoms with E-state index in [2.05, 4.69) is 15.0 Å². The molecular weight excluding hydrogens is 350 g/mol. The third-order valence-electron chi connectivity index (χ3n) is 4.34. The number of aromatic nitrogens is 3. The number of rotatable bonds is 2. The molecule has 5 nitrogen and oxygen atoms in total. The lowest BCUT2D eigenvalue weighted by Gasteiger charge is -2.35. The predicted molar refractivity (Wildman–Crippen MR) is 88.8 cm³/mol. The first-order chi connectivity index (χ1) is 12.1. The first-order valence-corrected chi connectivity index (χ1v) is 8.11. The van der Waals surface area contributed by atoms with Crippen LogP contribution >= 0.6 is 11.6 Å². The summed E-state index contributed by atoms with van der Waals surface area (Å²) in [6.07, 6.45) is -0.730. The van der Waals surface area contributed by atoms with Crippen LogP contribution in [-0.2, 0) is 6.42 Å². The molecule has 0 bridgehead atoms. The maximum Gasteiger partial charge on any atom is 0.290 e. The largest absolute Gasteiger partial charge is 0.333 e. The van der Waals surface area contributed by atoms with Gasteiger partial charge in [-0.05, 0) is 18.2 Å². The van der Waals surface area contributed by atoms with Crippen LogP contribution in [0.4, 0.5) is 8.78 Å². The smallest absolute Gasteiger partial charge is 0.290 e.